The fraction of sp³-hybridized carbons (Fsp3) is 0.188. The Labute approximate surface area is 127 Å². The minimum atomic E-state index is -0.465. The molecule has 2 aromatic rings. The van der Waals surface area contributed by atoms with E-state index in [0.717, 1.165) is 5.56 Å². The number of methoxy groups -OCH3 is 1. The summed E-state index contributed by atoms with van der Waals surface area (Å²) in [5.41, 5.74) is 1.75. The Kier molecular flexibility index (Phi) is 4.73. The lowest BCUT2D eigenvalue weighted by atomic mass is 10.1. The van der Waals surface area contributed by atoms with Gasteiger partial charge in [0, 0.05) is 17.3 Å². The Morgan fingerprint density at radius 1 is 1.27 bits per heavy atom. The predicted molar refractivity (Wildman–Crippen MR) is 83.2 cm³/mol. The van der Waals surface area contributed by atoms with Crippen molar-refractivity contribution in [3.05, 3.63) is 63.7 Å². The van der Waals surface area contributed by atoms with Gasteiger partial charge in [0.05, 0.1) is 18.5 Å². The third kappa shape index (κ3) is 3.82. The number of nitrogens with one attached hydrogen (secondary N) is 1. The summed E-state index contributed by atoms with van der Waals surface area (Å²) in [5, 5.41) is 13.6. The molecule has 114 valence electrons. The first-order valence-corrected chi connectivity index (χ1v) is 6.67. The zero-order chi connectivity index (χ0) is 16.1. The summed E-state index contributed by atoms with van der Waals surface area (Å²) in [6.45, 7) is 1.65. The molecule has 0 saturated heterocycles. The number of anilines is 1. The van der Waals surface area contributed by atoms with Gasteiger partial charge < -0.3 is 10.1 Å². The Bertz CT molecular complexity index is 713. The molecule has 0 aromatic heterocycles. The van der Waals surface area contributed by atoms with Crippen molar-refractivity contribution in [3.63, 3.8) is 0 Å². The third-order valence-electron chi connectivity index (χ3n) is 3.19. The molecule has 1 N–H and O–H groups in total. The molecule has 0 spiro atoms. The predicted octanol–water partition coefficient (Wildman–Crippen LogP) is 3.09. The van der Waals surface area contributed by atoms with Gasteiger partial charge in [-0.05, 0) is 30.7 Å². The molecule has 2 rings (SSSR count). The quantitative estimate of drug-likeness (QED) is 0.679. The highest BCUT2D eigenvalue weighted by molar-refractivity contribution is 5.92. The highest BCUT2D eigenvalue weighted by Gasteiger charge is 2.12. The largest absolute Gasteiger partial charge is 0.497 e. The number of hydrogen-bond acceptors (Lipinski definition) is 4. The fourth-order valence-electron chi connectivity index (χ4n) is 2.06. The van der Waals surface area contributed by atoms with E-state index in [1.807, 2.05) is 6.07 Å². The Balaban J connectivity index is 2.08. The maximum atomic E-state index is 12.0. The van der Waals surface area contributed by atoms with Gasteiger partial charge in [0.1, 0.15) is 5.75 Å². The number of amides is 1. The van der Waals surface area contributed by atoms with E-state index in [1.165, 1.54) is 6.07 Å². The van der Waals surface area contributed by atoms with Crippen molar-refractivity contribution < 1.29 is 14.5 Å². The standard InChI is InChI=1S/C16H16N2O4/c1-11-6-7-13(10-15(11)18(20)21)17-16(19)9-12-4-3-5-14(8-12)22-2/h3-8,10H,9H2,1-2H3,(H,17,19). The van der Waals surface area contributed by atoms with E-state index in [9.17, 15) is 14.9 Å². The molecule has 6 heteroatoms. The van der Waals surface area contributed by atoms with Gasteiger partial charge in [-0.1, -0.05) is 18.2 Å². The van der Waals surface area contributed by atoms with Crippen molar-refractivity contribution in [2.24, 2.45) is 0 Å². The molecular weight excluding hydrogens is 284 g/mol. The monoisotopic (exact) mass is 300 g/mol. The highest BCUT2D eigenvalue weighted by Crippen LogP contribution is 2.22. The first-order valence-electron chi connectivity index (χ1n) is 6.67. The number of nitro benzene ring substituents is 1. The van der Waals surface area contributed by atoms with Crippen LogP contribution in [0, 0.1) is 17.0 Å². The lowest BCUT2D eigenvalue weighted by Gasteiger charge is -2.07. The second-order valence-corrected chi connectivity index (χ2v) is 4.83. The van der Waals surface area contributed by atoms with Crippen LogP contribution in [0.5, 0.6) is 5.75 Å². The van der Waals surface area contributed by atoms with Gasteiger partial charge in [-0.25, -0.2) is 0 Å². The number of aryl methyl sites for hydroxylation is 1. The number of hydrogen-bond donors (Lipinski definition) is 1. The summed E-state index contributed by atoms with van der Waals surface area (Å²) in [6, 6.07) is 11.8. The number of carbonyl (C=O) groups is 1. The van der Waals surface area contributed by atoms with E-state index in [4.69, 9.17) is 4.74 Å². The van der Waals surface area contributed by atoms with E-state index >= 15 is 0 Å². The van der Waals surface area contributed by atoms with Crippen molar-refractivity contribution in [1.82, 2.24) is 0 Å². The fourth-order valence-corrected chi connectivity index (χ4v) is 2.06. The summed E-state index contributed by atoms with van der Waals surface area (Å²) in [6.07, 6.45) is 0.166. The van der Waals surface area contributed by atoms with Crippen molar-refractivity contribution in [1.29, 1.82) is 0 Å². The van der Waals surface area contributed by atoms with Crippen molar-refractivity contribution in [3.8, 4) is 5.75 Å². The molecule has 0 saturated carbocycles. The smallest absolute Gasteiger partial charge is 0.274 e. The van der Waals surface area contributed by atoms with E-state index in [2.05, 4.69) is 5.32 Å². The molecule has 0 fully saturated rings. The second kappa shape index (κ2) is 6.71. The number of benzene rings is 2. The van der Waals surface area contributed by atoms with Crippen molar-refractivity contribution in [2.45, 2.75) is 13.3 Å². The maximum absolute atomic E-state index is 12.0. The van der Waals surface area contributed by atoms with Crippen LogP contribution < -0.4 is 10.1 Å². The summed E-state index contributed by atoms with van der Waals surface area (Å²) in [7, 11) is 1.56. The molecule has 0 bridgehead atoms. The molecule has 0 aliphatic carbocycles. The van der Waals surface area contributed by atoms with Crippen molar-refractivity contribution in [2.75, 3.05) is 12.4 Å². The normalized spacial score (nSPS) is 10.1. The molecule has 2 aromatic carbocycles. The van der Waals surface area contributed by atoms with E-state index < -0.39 is 4.92 Å². The van der Waals surface area contributed by atoms with Gasteiger partial charge in [0.25, 0.3) is 5.69 Å². The van der Waals surface area contributed by atoms with Gasteiger partial charge in [-0.3, -0.25) is 14.9 Å². The number of nitro groups is 1. The SMILES string of the molecule is COc1cccc(CC(=O)Nc2ccc(C)c([N+](=O)[O-])c2)c1. The highest BCUT2D eigenvalue weighted by atomic mass is 16.6. The van der Waals surface area contributed by atoms with E-state index in [-0.39, 0.29) is 18.0 Å². The third-order valence-corrected chi connectivity index (χ3v) is 3.19. The molecule has 0 atom stereocenters. The van der Waals surface area contributed by atoms with Crippen LogP contribution in [0.25, 0.3) is 0 Å². The van der Waals surface area contributed by atoms with Gasteiger partial charge in [0.2, 0.25) is 5.91 Å². The Morgan fingerprint density at radius 3 is 2.73 bits per heavy atom. The van der Waals surface area contributed by atoms with Gasteiger partial charge >= 0.3 is 0 Å². The molecular formula is C16H16N2O4. The average molecular weight is 300 g/mol. The summed E-state index contributed by atoms with van der Waals surface area (Å²) >= 11 is 0. The number of ether oxygens (including phenoxy) is 1. The van der Waals surface area contributed by atoms with Gasteiger partial charge in [-0.2, -0.15) is 0 Å². The van der Waals surface area contributed by atoms with E-state index in [1.54, 1.807) is 44.4 Å². The topological polar surface area (TPSA) is 81.5 Å². The van der Waals surface area contributed by atoms with Gasteiger partial charge in [-0.15, -0.1) is 0 Å². The minimum absolute atomic E-state index is 0.0146. The van der Waals surface area contributed by atoms with Crippen LogP contribution in [0.4, 0.5) is 11.4 Å². The first kappa shape index (κ1) is 15.5. The lowest BCUT2D eigenvalue weighted by molar-refractivity contribution is -0.385. The van der Waals surface area contributed by atoms with Crippen LogP contribution in [0.1, 0.15) is 11.1 Å². The molecule has 0 aliphatic rings. The zero-order valence-corrected chi connectivity index (χ0v) is 12.3. The maximum Gasteiger partial charge on any atom is 0.274 e. The molecule has 0 aliphatic heterocycles. The average Bonchev–Trinajstić information content (AvgIpc) is 2.49. The molecule has 0 heterocycles. The van der Waals surface area contributed by atoms with Crippen LogP contribution in [0.2, 0.25) is 0 Å². The Hall–Kier alpha value is -2.89. The van der Waals surface area contributed by atoms with Crippen LogP contribution >= 0.6 is 0 Å². The zero-order valence-electron chi connectivity index (χ0n) is 12.3. The molecule has 0 radical (unpaired) electrons. The second-order valence-electron chi connectivity index (χ2n) is 4.83. The van der Waals surface area contributed by atoms with Crippen molar-refractivity contribution >= 4 is 17.3 Å². The number of carbonyl (C=O) groups excluding carboxylic acids is 1. The van der Waals surface area contributed by atoms with E-state index in [0.29, 0.717) is 17.0 Å². The number of rotatable bonds is 5. The molecule has 1 amide bonds. The summed E-state index contributed by atoms with van der Waals surface area (Å²) in [5.74, 6) is 0.433. The summed E-state index contributed by atoms with van der Waals surface area (Å²) < 4.78 is 5.10. The van der Waals surface area contributed by atoms with Crippen LogP contribution in [-0.2, 0) is 11.2 Å². The van der Waals surface area contributed by atoms with Crippen LogP contribution in [0.15, 0.2) is 42.5 Å². The molecule has 22 heavy (non-hydrogen) atoms. The van der Waals surface area contributed by atoms with Crippen LogP contribution in [0.3, 0.4) is 0 Å². The Morgan fingerprint density at radius 2 is 2.05 bits per heavy atom. The number of nitrogens with zero attached hydrogens (tertiary/aromatic N) is 1. The molecule has 6 nitrogen and oxygen atoms in total. The van der Waals surface area contributed by atoms with Gasteiger partial charge in [0.15, 0.2) is 0 Å². The molecule has 0 unspecified atom stereocenters. The minimum Gasteiger partial charge on any atom is -0.497 e. The first-order chi connectivity index (χ1) is 10.5. The van der Waals surface area contributed by atoms with Crippen LogP contribution in [-0.4, -0.2) is 17.9 Å². The lowest BCUT2D eigenvalue weighted by Crippen LogP contribution is -2.14. The summed E-state index contributed by atoms with van der Waals surface area (Å²) in [4.78, 5) is 22.5.